The predicted molar refractivity (Wildman–Crippen MR) is 72.7 cm³/mol. The van der Waals surface area contributed by atoms with Crippen LogP contribution in [0.3, 0.4) is 0 Å². The molecule has 21 heavy (non-hydrogen) atoms. The van der Waals surface area contributed by atoms with E-state index in [4.69, 9.17) is 9.84 Å². The monoisotopic (exact) mass is 299 g/mol. The van der Waals surface area contributed by atoms with Crippen LogP contribution in [0.15, 0.2) is 0 Å². The Morgan fingerprint density at radius 3 is 2.33 bits per heavy atom. The van der Waals surface area contributed by atoms with Gasteiger partial charge < -0.3 is 25.8 Å². The zero-order valence-electron chi connectivity index (χ0n) is 11.8. The molecule has 8 heteroatoms. The number of carboxylic acid groups (broad SMARTS) is 1. The molecule has 0 bridgehead atoms. The molecule has 118 valence electrons. The van der Waals surface area contributed by atoms with Crippen molar-refractivity contribution < 1.29 is 24.2 Å². The SMILES string of the molecule is O=C(NCCNC(=O)C1CC1)NCC1CCC(C(=O)O)O1. The average molecular weight is 299 g/mol. The largest absolute Gasteiger partial charge is 0.479 e. The second-order valence-corrected chi connectivity index (χ2v) is 5.36. The second-order valence-electron chi connectivity index (χ2n) is 5.36. The van der Waals surface area contributed by atoms with E-state index in [1.54, 1.807) is 0 Å². The molecule has 0 aromatic heterocycles. The van der Waals surface area contributed by atoms with Crippen LogP contribution in [0.1, 0.15) is 25.7 Å². The number of carbonyl (C=O) groups excluding carboxylic acids is 2. The lowest BCUT2D eigenvalue weighted by molar-refractivity contribution is -0.149. The molecule has 4 N–H and O–H groups in total. The predicted octanol–water partition coefficient (Wildman–Crippen LogP) is -0.556. The maximum absolute atomic E-state index is 11.5. The lowest BCUT2D eigenvalue weighted by Gasteiger charge is -2.13. The Bertz CT molecular complexity index is 411. The van der Waals surface area contributed by atoms with Gasteiger partial charge in [0.2, 0.25) is 5.91 Å². The summed E-state index contributed by atoms with van der Waals surface area (Å²) in [6.45, 7) is 1.04. The summed E-state index contributed by atoms with van der Waals surface area (Å²) in [4.78, 5) is 33.5. The summed E-state index contributed by atoms with van der Waals surface area (Å²) in [5, 5.41) is 16.8. The molecular formula is C13H21N3O5. The molecule has 2 aliphatic rings. The summed E-state index contributed by atoms with van der Waals surface area (Å²) in [5.41, 5.74) is 0. The van der Waals surface area contributed by atoms with Crippen molar-refractivity contribution in [1.82, 2.24) is 16.0 Å². The number of urea groups is 1. The van der Waals surface area contributed by atoms with E-state index in [9.17, 15) is 14.4 Å². The molecule has 8 nitrogen and oxygen atoms in total. The van der Waals surface area contributed by atoms with E-state index in [1.807, 2.05) is 0 Å². The van der Waals surface area contributed by atoms with Crippen molar-refractivity contribution in [1.29, 1.82) is 0 Å². The summed E-state index contributed by atoms with van der Waals surface area (Å²) in [6, 6.07) is -0.349. The Balaban J connectivity index is 1.49. The smallest absolute Gasteiger partial charge is 0.332 e. The number of ether oxygens (including phenoxy) is 1. The van der Waals surface area contributed by atoms with Crippen LogP contribution >= 0.6 is 0 Å². The first kappa shape index (κ1) is 15.6. The lowest BCUT2D eigenvalue weighted by Crippen LogP contribution is -2.43. The fourth-order valence-corrected chi connectivity index (χ4v) is 2.16. The van der Waals surface area contributed by atoms with Gasteiger partial charge in [0.15, 0.2) is 6.10 Å². The highest BCUT2D eigenvalue weighted by Crippen LogP contribution is 2.28. The number of amides is 3. The van der Waals surface area contributed by atoms with Gasteiger partial charge in [0, 0.05) is 25.6 Å². The van der Waals surface area contributed by atoms with Crippen LogP contribution in [0.4, 0.5) is 4.79 Å². The van der Waals surface area contributed by atoms with Gasteiger partial charge in [-0.3, -0.25) is 4.79 Å². The van der Waals surface area contributed by atoms with Crippen molar-refractivity contribution >= 4 is 17.9 Å². The van der Waals surface area contributed by atoms with Crippen molar-refractivity contribution in [3.05, 3.63) is 0 Å². The minimum Gasteiger partial charge on any atom is -0.479 e. The molecule has 2 atom stereocenters. The number of rotatable bonds is 7. The van der Waals surface area contributed by atoms with Crippen LogP contribution in [0.25, 0.3) is 0 Å². The molecule has 0 aromatic carbocycles. The van der Waals surface area contributed by atoms with Crippen molar-refractivity contribution in [2.24, 2.45) is 5.92 Å². The van der Waals surface area contributed by atoms with Gasteiger partial charge in [-0.05, 0) is 25.7 Å². The van der Waals surface area contributed by atoms with Gasteiger partial charge in [-0.25, -0.2) is 9.59 Å². The summed E-state index contributed by atoms with van der Waals surface area (Å²) in [6.07, 6.45) is 1.98. The van der Waals surface area contributed by atoms with E-state index in [2.05, 4.69) is 16.0 Å². The minimum absolute atomic E-state index is 0.0521. The summed E-state index contributed by atoms with van der Waals surface area (Å²) in [5.74, 6) is -0.745. The molecule has 1 saturated heterocycles. The number of carbonyl (C=O) groups is 3. The summed E-state index contributed by atoms with van der Waals surface area (Å²) in [7, 11) is 0. The molecular weight excluding hydrogens is 278 g/mol. The van der Waals surface area contributed by atoms with Gasteiger partial charge in [0.1, 0.15) is 0 Å². The molecule has 0 spiro atoms. The lowest BCUT2D eigenvalue weighted by atomic mass is 10.2. The van der Waals surface area contributed by atoms with Crippen LogP contribution in [0.2, 0.25) is 0 Å². The zero-order chi connectivity index (χ0) is 15.2. The molecule has 0 radical (unpaired) electrons. The highest BCUT2D eigenvalue weighted by atomic mass is 16.5. The number of hydrogen-bond donors (Lipinski definition) is 4. The van der Waals surface area contributed by atoms with Crippen molar-refractivity contribution in [3.63, 3.8) is 0 Å². The van der Waals surface area contributed by atoms with E-state index < -0.39 is 12.1 Å². The van der Waals surface area contributed by atoms with Crippen molar-refractivity contribution in [2.75, 3.05) is 19.6 Å². The maximum atomic E-state index is 11.5. The standard InChI is InChI=1S/C13H21N3O5/c17-11(8-1-2-8)14-5-6-15-13(20)16-7-9-3-4-10(21-9)12(18)19/h8-10H,1-7H2,(H,14,17)(H,18,19)(H2,15,16,20). The van der Waals surface area contributed by atoms with Crippen LogP contribution in [-0.4, -0.2) is 54.9 Å². The third kappa shape index (κ3) is 5.22. The van der Waals surface area contributed by atoms with E-state index in [-0.39, 0.29) is 30.5 Å². The van der Waals surface area contributed by atoms with Crippen molar-refractivity contribution in [2.45, 2.75) is 37.9 Å². The second kappa shape index (κ2) is 7.26. The molecule has 0 aromatic rings. The van der Waals surface area contributed by atoms with E-state index in [1.165, 1.54) is 0 Å². The molecule has 1 saturated carbocycles. The topological polar surface area (TPSA) is 117 Å². The zero-order valence-corrected chi connectivity index (χ0v) is 11.8. The van der Waals surface area contributed by atoms with Crippen LogP contribution in [-0.2, 0) is 14.3 Å². The third-order valence-electron chi connectivity index (χ3n) is 3.53. The third-order valence-corrected chi connectivity index (χ3v) is 3.53. The molecule has 1 aliphatic carbocycles. The Morgan fingerprint density at radius 1 is 1.00 bits per heavy atom. The first-order valence-corrected chi connectivity index (χ1v) is 7.24. The van der Waals surface area contributed by atoms with Crippen LogP contribution in [0, 0.1) is 5.92 Å². The Hall–Kier alpha value is -1.83. The Labute approximate surface area is 122 Å². The van der Waals surface area contributed by atoms with Crippen LogP contribution in [0.5, 0.6) is 0 Å². The summed E-state index contributed by atoms with van der Waals surface area (Å²) >= 11 is 0. The fraction of sp³-hybridized carbons (Fsp3) is 0.769. The Kier molecular flexibility index (Phi) is 5.38. The Morgan fingerprint density at radius 2 is 1.71 bits per heavy atom. The molecule has 1 heterocycles. The van der Waals surface area contributed by atoms with E-state index >= 15 is 0 Å². The van der Waals surface area contributed by atoms with Crippen LogP contribution < -0.4 is 16.0 Å². The normalized spacial score (nSPS) is 24.4. The highest BCUT2D eigenvalue weighted by Gasteiger charge is 2.30. The number of nitrogens with one attached hydrogen (secondary N) is 3. The summed E-state index contributed by atoms with van der Waals surface area (Å²) < 4.78 is 5.26. The van der Waals surface area contributed by atoms with E-state index in [0.717, 1.165) is 12.8 Å². The first-order chi connectivity index (χ1) is 10.1. The molecule has 1 aliphatic heterocycles. The van der Waals surface area contributed by atoms with Gasteiger partial charge in [0.25, 0.3) is 0 Å². The fourth-order valence-electron chi connectivity index (χ4n) is 2.16. The number of hydrogen-bond acceptors (Lipinski definition) is 4. The van der Waals surface area contributed by atoms with Gasteiger partial charge in [0.05, 0.1) is 6.10 Å². The van der Waals surface area contributed by atoms with Crippen molar-refractivity contribution in [3.8, 4) is 0 Å². The molecule has 3 amide bonds. The van der Waals surface area contributed by atoms with Gasteiger partial charge in [-0.1, -0.05) is 0 Å². The maximum Gasteiger partial charge on any atom is 0.332 e. The first-order valence-electron chi connectivity index (χ1n) is 7.24. The molecule has 2 rings (SSSR count). The molecule has 2 unspecified atom stereocenters. The number of aliphatic carboxylic acids is 1. The molecule has 2 fully saturated rings. The quantitative estimate of drug-likeness (QED) is 0.470. The van der Waals surface area contributed by atoms with Gasteiger partial charge in [-0.15, -0.1) is 0 Å². The van der Waals surface area contributed by atoms with E-state index in [0.29, 0.717) is 25.9 Å². The van der Waals surface area contributed by atoms with Gasteiger partial charge >= 0.3 is 12.0 Å². The van der Waals surface area contributed by atoms with Gasteiger partial charge in [-0.2, -0.15) is 0 Å². The highest BCUT2D eigenvalue weighted by molar-refractivity contribution is 5.80. The average Bonchev–Trinajstić information content (AvgIpc) is 3.19. The number of carboxylic acids is 1. The minimum atomic E-state index is -0.964.